The first kappa shape index (κ1) is 20.9. The van der Waals surface area contributed by atoms with Gasteiger partial charge >= 0.3 is 0 Å². The Morgan fingerprint density at radius 3 is 2.31 bits per heavy atom. The Hall–Kier alpha value is -3.17. The average molecular weight is 364 g/mol. The number of nitro groups is 1. The van der Waals surface area contributed by atoms with Crippen LogP contribution in [-0.2, 0) is 9.59 Å². The summed E-state index contributed by atoms with van der Waals surface area (Å²) in [6.07, 6.45) is 0.836. The molecule has 0 aliphatic carbocycles. The zero-order valence-corrected chi connectivity index (χ0v) is 14.8. The lowest BCUT2D eigenvalue weighted by Gasteiger charge is -2.19. The van der Waals surface area contributed by atoms with E-state index in [1.54, 1.807) is 13.8 Å². The van der Waals surface area contributed by atoms with Gasteiger partial charge in [-0.15, -0.1) is 0 Å². The molecule has 1 rings (SSSR count). The van der Waals surface area contributed by atoms with Crippen molar-refractivity contribution in [3.05, 3.63) is 34.4 Å². The molecule has 0 radical (unpaired) electrons. The average Bonchev–Trinajstić information content (AvgIpc) is 2.57. The van der Waals surface area contributed by atoms with E-state index in [0.29, 0.717) is 25.1 Å². The van der Waals surface area contributed by atoms with E-state index in [4.69, 9.17) is 11.5 Å². The number of nitrogens with two attached hydrogens (primary N) is 2. The van der Waals surface area contributed by atoms with E-state index in [2.05, 4.69) is 15.6 Å². The largest absolute Gasteiger partial charge is 0.370 e. The van der Waals surface area contributed by atoms with Crippen LogP contribution in [0.3, 0.4) is 0 Å². The number of hydrogen-bond donors (Lipinski definition) is 4. The standard InChI is InChI=1S/C16H24N6O4/c1-10(2)14(23)21-13(4-3-9-19-16(17)18)15(24)20-11-5-7-12(8-6-11)22(25)26/h5-8,10,13H,3-4,9H2,1-2H3,(H,20,24)(H,21,23)(H4,17,18,19)/t13-/m0/s1. The van der Waals surface area contributed by atoms with Gasteiger partial charge in [0, 0.05) is 30.3 Å². The van der Waals surface area contributed by atoms with E-state index in [-0.39, 0.29) is 23.5 Å². The number of benzene rings is 1. The number of nitrogens with zero attached hydrogens (tertiary/aromatic N) is 2. The van der Waals surface area contributed by atoms with Gasteiger partial charge in [-0.3, -0.25) is 24.7 Å². The number of nitrogens with one attached hydrogen (secondary N) is 2. The summed E-state index contributed by atoms with van der Waals surface area (Å²) in [4.78, 5) is 38.4. The molecule has 0 spiro atoms. The fourth-order valence-electron chi connectivity index (χ4n) is 2.01. The molecule has 6 N–H and O–H groups in total. The van der Waals surface area contributed by atoms with Crippen molar-refractivity contribution in [3.63, 3.8) is 0 Å². The number of guanidine groups is 1. The number of anilines is 1. The van der Waals surface area contributed by atoms with Gasteiger partial charge in [0.15, 0.2) is 5.96 Å². The monoisotopic (exact) mass is 364 g/mol. The smallest absolute Gasteiger partial charge is 0.269 e. The number of non-ortho nitro benzene ring substituents is 1. The fraction of sp³-hybridized carbons (Fsp3) is 0.438. The lowest BCUT2D eigenvalue weighted by molar-refractivity contribution is -0.384. The van der Waals surface area contributed by atoms with Crippen molar-refractivity contribution in [1.29, 1.82) is 0 Å². The molecule has 2 amide bonds. The molecule has 0 saturated heterocycles. The molecule has 0 bridgehead atoms. The number of carbonyl (C=O) groups excluding carboxylic acids is 2. The van der Waals surface area contributed by atoms with Gasteiger partial charge in [0.05, 0.1) is 4.92 Å². The van der Waals surface area contributed by atoms with Gasteiger partial charge in [-0.2, -0.15) is 0 Å². The minimum atomic E-state index is -0.769. The summed E-state index contributed by atoms with van der Waals surface area (Å²) in [5.41, 5.74) is 10.8. The van der Waals surface area contributed by atoms with E-state index in [9.17, 15) is 19.7 Å². The third kappa shape index (κ3) is 7.16. The number of hydrogen-bond acceptors (Lipinski definition) is 5. The summed E-state index contributed by atoms with van der Waals surface area (Å²) in [7, 11) is 0. The van der Waals surface area contributed by atoms with Crippen LogP contribution in [0.2, 0.25) is 0 Å². The molecule has 0 saturated carbocycles. The minimum absolute atomic E-state index is 0.0388. The van der Waals surface area contributed by atoms with E-state index in [1.807, 2.05) is 0 Å². The van der Waals surface area contributed by atoms with Gasteiger partial charge in [0.25, 0.3) is 5.69 Å². The van der Waals surface area contributed by atoms with E-state index in [1.165, 1.54) is 24.3 Å². The van der Waals surface area contributed by atoms with E-state index in [0.717, 1.165) is 0 Å². The number of nitro benzene ring substituents is 1. The highest BCUT2D eigenvalue weighted by Crippen LogP contribution is 2.16. The third-order valence-corrected chi connectivity index (χ3v) is 3.45. The summed E-state index contributed by atoms with van der Waals surface area (Å²) in [5, 5.41) is 16.0. The second-order valence-electron chi connectivity index (χ2n) is 5.96. The molecule has 0 aliphatic rings. The van der Waals surface area contributed by atoms with Crippen LogP contribution < -0.4 is 22.1 Å². The maximum absolute atomic E-state index is 12.5. The molecular formula is C16H24N6O4. The maximum atomic E-state index is 12.5. The Labute approximate surface area is 151 Å². The van der Waals surface area contributed by atoms with Gasteiger partial charge in [-0.05, 0) is 25.0 Å². The van der Waals surface area contributed by atoms with Crippen LogP contribution in [0, 0.1) is 16.0 Å². The van der Waals surface area contributed by atoms with Crippen LogP contribution in [0.15, 0.2) is 29.3 Å². The molecule has 1 atom stereocenters. The Bertz CT molecular complexity index is 668. The molecule has 0 fully saturated rings. The Balaban J connectivity index is 2.76. The molecule has 142 valence electrons. The molecule has 0 heterocycles. The first-order chi connectivity index (χ1) is 12.2. The summed E-state index contributed by atoms with van der Waals surface area (Å²) in [6, 6.07) is 4.66. The molecule has 1 aromatic carbocycles. The van der Waals surface area contributed by atoms with Crippen LogP contribution in [0.25, 0.3) is 0 Å². The SMILES string of the molecule is CC(C)C(=O)N[C@@H](CCCN=C(N)N)C(=O)Nc1ccc([N+](=O)[O-])cc1. The number of rotatable bonds is 9. The molecule has 0 aromatic heterocycles. The lowest BCUT2D eigenvalue weighted by Crippen LogP contribution is -2.45. The predicted molar refractivity (Wildman–Crippen MR) is 98.4 cm³/mol. The van der Waals surface area contributed by atoms with Gasteiger partial charge in [-0.25, -0.2) is 0 Å². The number of amides is 2. The molecule has 26 heavy (non-hydrogen) atoms. The molecule has 0 unspecified atom stereocenters. The third-order valence-electron chi connectivity index (χ3n) is 3.45. The predicted octanol–water partition coefficient (Wildman–Crippen LogP) is 0.728. The van der Waals surface area contributed by atoms with Gasteiger partial charge < -0.3 is 22.1 Å². The number of aliphatic imine (C=N–C) groups is 1. The van der Waals surface area contributed by atoms with Crippen molar-refractivity contribution in [2.45, 2.75) is 32.7 Å². The summed E-state index contributed by atoms with van der Waals surface area (Å²) < 4.78 is 0. The summed E-state index contributed by atoms with van der Waals surface area (Å²) >= 11 is 0. The van der Waals surface area contributed by atoms with Crippen molar-refractivity contribution < 1.29 is 14.5 Å². The van der Waals surface area contributed by atoms with Gasteiger partial charge in [0.2, 0.25) is 11.8 Å². The van der Waals surface area contributed by atoms with Crippen LogP contribution in [0.4, 0.5) is 11.4 Å². The lowest BCUT2D eigenvalue weighted by atomic mass is 10.1. The van der Waals surface area contributed by atoms with Crippen molar-refractivity contribution >= 4 is 29.1 Å². The quantitative estimate of drug-likeness (QED) is 0.166. The number of carbonyl (C=O) groups is 2. The molecular weight excluding hydrogens is 340 g/mol. The molecule has 0 aliphatic heterocycles. The first-order valence-corrected chi connectivity index (χ1v) is 8.11. The maximum Gasteiger partial charge on any atom is 0.269 e. The van der Waals surface area contributed by atoms with Crippen molar-refractivity contribution in [3.8, 4) is 0 Å². The van der Waals surface area contributed by atoms with Crippen LogP contribution in [0.1, 0.15) is 26.7 Å². The minimum Gasteiger partial charge on any atom is -0.370 e. The molecule has 10 nitrogen and oxygen atoms in total. The van der Waals surface area contributed by atoms with Crippen LogP contribution >= 0.6 is 0 Å². The highest BCUT2D eigenvalue weighted by Gasteiger charge is 2.22. The van der Waals surface area contributed by atoms with Crippen LogP contribution in [0.5, 0.6) is 0 Å². The van der Waals surface area contributed by atoms with E-state index >= 15 is 0 Å². The second kappa shape index (κ2) is 9.97. The van der Waals surface area contributed by atoms with E-state index < -0.39 is 16.9 Å². The zero-order valence-electron chi connectivity index (χ0n) is 14.8. The van der Waals surface area contributed by atoms with Crippen molar-refractivity contribution in [1.82, 2.24) is 5.32 Å². The molecule has 1 aromatic rings. The Kier molecular flexibility index (Phi) is 8.00. The van der Waals surface area contributed by atoms with Crippen molar-refractivity contribution in [2.75, 3.05) is 11.9 Å². The van der Waals surface area contributed by atoms with Crippen molar-refractivity contribution in [2.24, 2.45) is 22.4 Å². The second-order valence-corrected chi connectivity index (χ2v) is 5.96. The van der Waals surface area contributed by atoms with Crippen LogP contribution in [-0.4, -0.2) is 35.3 Å². The normalized spacial score (nSPS) is 11.5. The highest BCUT2D eigenvalue weighted by atomic mass is 16.6. The van der Waals surface area contributed by atoms with Gasteiger partial charge in [-0.1, -0.05) is 13.8 Å². The molecule has 10 heteroatoms. The first-order valence-electron chi connectivity index (χ1n) is 8.11. The fourth-order valence-corrected chi connectivity index (χ4v) is 2.01. The summed E-state index contributed by atoms with van der Waals surface area (Å²) in [6.45, 7) is 3.78. The topological polar surface area (TPSA) is 166 Å². The highest BCUT2D eigenvalue weighted by molar-refractivity contribution is 5.97. The Morgan fingerprint density at radius 2 is 1.81 bits per heavy atom. The summed E-state index contributed by atoms with van der Waals surface area (Å²) in [5.74, 6) is -0.987. The zero-order chi connectivity index (χ0) is 19.7. The van der Waals surface area contributed by atoms with Gasteiger partial charge in [0.1, 0.15) is 6.04 Å². The Morgan fingerprint density at radius 1 is 1.19 bits per heavy atom.